The Morgan fingerprint density at radius 2 is 2.20 bits per heavy atom. The molecule has 0 saturated carbocycles. The first-order valence-corrected chi connectivity index (χ1v) is 5.47. The zero-order valence-corrected chi connectivity index (χ0v) is 9.79. The van der Waals surface area contributed by atoms with Gasteiger partial charge in [-0.15, -0.1) is 0 Å². The Hall–Kier alpha value is -1.09. The van der Waals surface area contributed by atoms with E-state index in [1.54, 1.807) is 0 Å². The van der Waals surface area contributed by atoms with Crippen LogP contribution in [0.15, 0.2) is 18.2 Å². The van der Waals surface area contributed by atoms with E-state index in [-0.39, 0.29) is 0 Å². The first-order chi connectivity index (χ1) is 7.18. The van der Waals surface area contributed by atoms with E-state index >= 15 is 0 Å². The SMILES string of the molecule is Cc1cccc(NCCCOC(C)C)n1. The Morgan fingerprint density at radius 3 is 2.87 bits per heavy atom. The number of aryl methyl sites for hydroxylation is 1. The van der Waals surface area contributed by atoms with Crippen molar-refractivity contribution in [2.75, 3.05) is 18.5 Å². The van der Waals surface area contributed by atoms with Crippen molar-refractivity contribution in [2.24, 2.45) is 0 Å². The largest absolute Gasteiger partial charge is 0.379 e. The molecule has 0 bridgehead atoms. The average molecular weight is 208 g/mol. The molecule has 0 unspecified atom stereocenters. The van der Waals surface area contributed by atoms with E-state index in [0.717, 1.165) is 31.1 Å². The fourth-order valence-electron chi connectivity index (χ4n) is 1.25. The predicted molar refractivity (Wildman–Crippen MR) is 63.2 cm³/mol. The fraction of sp³-hybridized carbons (Fsp3) is 0.583. The zero-order chi connectivity index (χ0) is 11.1. The van der Waals surface area contributed by atoms with E-state index in [1.807, 2.05) is 25.1 Å². The Bertz CT molecular complexity index is 287. The summed E-state index contributed by atoms with van der Waals surface area (Å²) in [5.41, 5.74) is 1.04. The molecule has 1 aromatic heterocycles. The van der Waals surface area contributed by atoms with Gasteiger partial charge in [-0.25, -0.2) is 4.98 Å². The molecule has 3 nitrogen and oxygen atoms in total. The number of aromatic nitrogens is 1. The van der Waals surface area contributed by atoms with Crippen LogP contribution in [0.5, 0.6) is 0 Å². The molecule has 1 rings (SSSR count). The molecule has 15 heavy (non-hydrogen) atoms. The summed E-state index contributed by atoms with van der Waals surface area (Å²) < 4.78 is 5.44. The summed E-state index contributed by atoms with van der Waals surface area (Å²) in [5.74, 6) is 0.944. The number of hydrogen-bond donors (Lipinski definition) is 1. The van der Waals surface area contributed by atoms with Gasteiger partial charge in [-0.1, -0.05) is 6.07 Å². The lowest BCUT2D eigenvalue weighted by Crippen LogP contribution is -2.10. The van der Waals surface area contributed by atoms with Crippen LogP contribution in [0, 0.1) is 6.92 Å². The van der Waals surface area contributed by atoms with E-state index in [9.17, 15) is 0 Å². The number of nitrogens with one attached hydrogen (secondary N) is 1. The van der Waals surface area contributed by atoms with Crippen LogP contribution in [0.2, 0.25) is 0 Å². The van der Waals surface area contributed by atoms with Crippen molar-refractivity contribution in [3.8, 4) is 0 Å². The summed E-state index contributed by atoms with van der Waals surface area (Å²) in [4.78, 5) is 4.35. The van der Waals surface area contributed by atoms with Crippen LogP contribution in [0.25, 0.3) is 0 Å². The van der Waals surface area contributed by atoms with Gasteiger partial charge in [0.25, 0.3) is 0 Å². The van der Waals surface area contributed by atoms with E-state index in [2.05, 4.69) is 24.1 Å². The summed E-state index contributed by atoms with van der Waals surface area (Å²) in [5, 5.41) is 3.27. The Labute approximate surface area is 91.9 Å². The number of hydrogen-bond acceptors (Lipinski definition) is 3. The van der Waals surface area contributed by atoms with Crippen LogP contribution >= 0.6 is 0 Å². The van der Waals surface area contributed by atoms with Gasteiger partial charge in [0.1, 0.15) is 5.82 Å². The highest BCUT2D eigenvalue weighted by Crippen LogP contribution is 2.03. The molecule has 0 aromatic carbocycles. The molecular formula is C12H20N2O. The van der Waals surface area contributed by atoms with Crippen LogP contribution < -0.4 is 5.32 Å². The van der Waals surface area contributed by atoms with E-state index in [0.29, 0.717) is 6.10 Å². The van der Waals surface area contributed by atoms with Crippen molar-refractivity contribution in [1.82, 2.24) is 4.98 Å². The lowest BCUT2D eigenvalue weighted by atomic mass is 10.3. The topological polar surface area (TPSA) is 34.1 Å². The highest BCUT2D eigenvalue weighted by molar-refractivity contribution is 5.34. The first-order valence-electron chi connectivity index (χ1n) is 5.47. The Morgan fingerprint density at radius 1 is 1.40 bits per heavy atom. The Balaban J connectivity index is 2.15. The van der Waals surface area contributed by atoms with Gasteiger partial charge in [-0.3, -0.25) is 0 Å². The molecule has 0 saturated heterocycles. The molecule has 1 aromatic rings. The van der Waals surface area contributed by atoms with Crippen LogP contribution in [0.4, 0.5) is 5.82 Å². The number of anilines is 1. The van der Waals surface area contributed by atoms with Crippen molar-refractivity contribution in [2.45, 2.75) is 33.3 Å². The predicted octanol–water partition coefficient (Wildman–Crippen LogP) is 2.62. The van der Waals surface area contributed by atoms with Crippen LogP contribution in [-0.2, 0) is 4.74 Å². The lowest BCUT2D eigenvalue weighted by molar-refractivity contribution is 0.0787. The highest BCUT2D eigenvalue weighted by Gasteiger charge is 1.95. The van der Waals surface area contributed by atoms with Gasteiger partial charge >= 0.3 is 0 Å². The molecule has 0 atom stereocenters. The molecule has 84 valence electrons. The third-order valence-electron chi connectivity index (χ3n) is 1.97. The minimum absolute atomic E-state index is 0.321. The lowest BCUT2D eigenvalue weighted by Gasteiger charge is -2.08. The number of rotatable bonds is 6. The van der Waals surface area contributed by atoms with Crippen molar-refractivity contribution in [3.05, 3.63) is 23.9 Å². The number of ether oxygens (including phenoxy) is 1. The summed E-state index contributed by atoms with van der Waals surface area (Å²) in [6.45, 7) is 7.80. The van der Waals surface area contributed by atoms with Crippen LogP contribution in [0.1, 0.15) is 26.0 Å². The number of pyridine rings is 1. The molecule has 0 fully saturated rings. The van der Waals surface area contributed by atoms with Gasteiger partial charge in [-0.05, 0) is 39.3 Å². The third-order valence-corrected chi connectivity index (χ3v) is 1.97. The van der Waals surface area contributed by atoms with Crippen LogP contribution in [-0.4, -0.2) is 24.2 Å². The van der Waals surface area contributed by atoms with Gasteiger partial charge in [0.2, 0.25) is 0 Å². The summed E-state index contributed by atoms with van der Waals surface area (Å²) in [7, 11) is 0. The maximum absolute atomic E-state index is 5.44. The molecular weight excluding hydrogens is 188 g/mol. The standard InChI is InChI=1S/C12H20N2O/c1-10(2)15-9-5-8-13-12-7-4-6-11(3)14-12/h4,6-7,10H,5,8-9H2,1-3H3,(H,13,14). The molecule has 0 spiro atoms. The van der Waals surface area contributed by atoms with E-state index in [4.69, 9.17) is 4.74 Å². The van der Waals surface area contributed by atoms with Gasteiger partial charge < -0.3 is 10.1 Å². The minimum atomic E-state index is 0.321. The molecule has 0 amide bonds. The van der Waals surface area contributed by atoms with Crippen molar-refractivity contribution in [1.29, 1.82) is 0 Å². The molecule has 0 radical (unpaired) electrons. The molecule has 1 N–H and O–H groups in total. The molecule has 0 aliphatic heterocycles. The van der Waals surface area contributed by atoms with Crippen molar-refractivity contribution in [3.63, 3.8) is 0 Å². The molecule has 3 heteroatoms. The normalized spacial score (nSPS) is 10.7. The second-order valence-corrected chi connectivity index (χ2v) is 3.86. The van der Waals surface area contributed by atoms with Gasteiger partial charge in [0.15, 0.2) is 0 Å². The second-order valence-electron chi connectivity index (χ2n) is 3.86. The highest BCUT2D eigenvalue weighted by atomic mass is 16.5. The smallest absolute Gasteiger partial charge is 0.126 e. The maximum Gasteiger partial charge on any atom is 0.126 e. The second kappa shape index (κ2) is 6.40. The Kier molecular flexibility index (Phi) is 5.12. The first kappa shape index (κ1) is 12.0. The monoisotopic (exact) mass is 208 g/mol. The van der Waals surface area contributed by atoms with E-state index < -0.39 is 0 Å². The van der Waals surface area contributed by atoms with Gasteiger partial charge in [-0.2, -0.15) is 0 Å². The van der Waals surface area contributed by atoms with Gasteiger partial charge in [0.05, 0.1) is 6.10 Å². The molecule has 1 heterocycles. The maximum atomic E-state index is 5.44. The average Bonchev–Trinajstić information content (AvgIpc) is 2.17. The van der Waals surface area contributed by atoms with Crippen LogP contribution in [0.3, 0.4) is 0 Å². The fourth-order valence-corrected chi connectivity index (χ4v) is 1.25. The van der Waals surface area contributed by atoms with E-state index in [1.165, 1.54) is 0 Å². The van der Waals surface area contributed by atoms with Gasteiger partial charge in [0, 0.05) is 18.8 Å². The number of nitrogens with zero attached hydrogens (tertiary/aromatic N) is 1. The summed E-state index contributed by atoms with van der Waals surface area (Å²) in [6, 6.07) is 5.98. The quantitative estimate of drug-likeness (QED) is 0.730. The zero-order valence-electron chi connectivity index (χ0n) is 9.79. The summed E-state index contributed by atoms with van der Waals surface area (Å²) >= 11 is 0. The third kappa shape index (κ3) is 5.37. The summed E-state index contributed by atoms with van der Waals surface area (Å²) in [6.07, 6.45) is 1.33. The molecule has 0 aliphatic carbocycles. The van der Waals surface area contributed by atoms with Crippen molar-refractivity contribution >= 4 is 5.82 Å². The van der Waals surface area contributed by atoms with Crippen molar-refractivity contribution < 1.29 is 4.74 Å². The minimum Gasteiger partial charge on any atom is -0.379 e. The molecule has 0 aliphatic rings.